The predicted molar refractivity (Wildman–Crippen MR) is 60.5 cm³/mol. The summed E-state index contributed by atoms with van der Waals surface area (Å²) in [6, 6.07) is 0.699. The van der Waals surface area contributed by atoms with E-state index in [0.29, 0.717) is 11.5 Å². The lowest BCUT2D eigenvalue weighted by Gasteiger charge is -2.18. The van der Waals surface area contributed by atoms with Gasteiger partial charge in [-0.2, -0.15) is 0 Å². The Hall–Kier alpha value is -0.0800. The number of rotatable bonds is 5. The van der Waals surface area contributed by atoms with Crippen LogP contribution in [-0.4, -0.2) is 25.8 Å². The van der Waals surface area contributed by atoms with Crippen molar-refractivity contribution in [3.8, 4) is 0 Å². The van der Waals surface area contributed by atoms with E-state index in [0.717, 1.165) is 25.7 Å². The summed E-state index contributed by atoms with van der Waals surface area (Å²) in [6.45, 7) is 11.8. The van der Waals surface area contributed by atoms with Crippen molar-refractivity contribution < 1.29 is 4.74 Å². The Labute approximate surface area is 88.4 Å². The fourth-order valence-electron chi connectivity index (χ4n) is 2.63. The van der Waals surface area contributed by atoms with Crippen LogP contribution in [0, 0.1) is 11.3 Å². The fraction of sp³-hybridized carbons (Fsp3) is 1.00. The van der Waals surface area contributed by atoms with Gasteiger partial charge < -0.3 is 10.1 Å². The van der Waals surface area contributed by atoms with Crippen LogP contribution in [0.5, 0.6) is 0 Å². The van der Waals surface area contributed by atoms with Crippen molar-refractivity contribution >= 4 is 0 Å². The van der Waals surface area contributed by atoms with Gasteiger partial charge in [-0.05, 0) is 31.1 Å². The zero-order valence-corrected chi connectivity index (χ0v) is 10.1. The molecule has 0 radical (unpaired) electrons. The van der Waals surface area contributed by atoms with Crippen LogP contribution in [0.15, 0.2) is 0 Å². The van der Waals surface area contributed by atoms with Crippen LogP contribution < -0.4 is 5.32 Å². The highest BCUT2D eigenvalue weighted by molar-refractivity contribution is 4.90. The van der Waals surface area contributed by atoms with Gasteiger partial charge >= 0.3 is 0 Å². The Morgan fingerprint density at radius 1 is 1.36 bits per heavy atom. The van der Waals surface area contributed by atoms with Crippen molar-refractivity contribution in [2.75, 3.05) is 19.8 Å². The standard InChI is InChI=1S/C12H25NO/c1-5-14-7-6-13-11-9-12(3,4)8-10(11)2/h10-11,13H,5-9H2,1-4H3. The topological polar surface area (TPSA) is 21.3 Å². The molecule has 0 aromatic carbocycles. The molecule has 1 rings (SSSR count). The summed E-state index contributed by atoms with van der Waals surface area (Å²) in [7, 11) is 0. The van der Waals surface area contributed by atoms with Crippen LogP contribution in [-0.2, 0) is 4.74 Å². The molecule has 14 heavy (non-hydrogen) atoms. The minimum atomic E-state index is 0.530. The first-order valence-corrected chi connectivity index (χ1v) is 5.86. The molecule has 0 aliphatic heterocycles. The molecule has 2 heteroatoms. The van der Waals surface area contributed by atoms with E-state index in [4.69, 9.17) is 4.74 Å². The highest BCUT2D eigenvalue weighted by Crippen LogP contribution is 2.40. The van der Waals surface area contributed by atoms with Crippen molar-refractivity contribution in [1.82, 2.24) is 5.32 Å². The van der Waals surface area contributed by atoms with Crippen LogP contribution in [0.4, 0.5) is 0 Å². The first-order chi connectivity index (χ1) is 6.55. The minimum Gasteiger partial charge on any atom is -0.380 e. The second kappa shape index (κ2) is 5.13. The lowest BCUT2D eigenvalue weighted by molar-refractivity contribution is 0.145. The van der Waals surface area contributed by atoms with Gasteiger partial charge in [0.2, 0.25) is 0 Å². The lowest BCUT2D eigenvalue weighted by Crippen LogP contribution is -2.34. The zero-order valence-electron chi connectivity index (χ0n) is 10.1. The third kappa shape index (κ3) is 3.58. The molecule has 0 aromatic rings. The molecule has 1 N–H and O–H groups in total. The van der Waals surface area contributed by atoms with Crippen molar-refractivity contribution in [3.63, 3.8) is 0 Å². The monoisotopic (exact) mass is 199 g/mol. The van der Waals surface area contributed by atoms with Crippen LogP contribution >= 0.6 is 0 Å². The van der Waals surface area contributed by atoms with Gasteiger partial charge in [0, 0.05) is 19.2 Å². The van der Waals surface area contributed by atoms with Gasteiger partial charge in [0.05, 0.1) is 6.61 Å². The molecule has 84 valence electrons. The largest absolute Gasteiger partial charge is 0.380 e. The summed E-state index contributed by atoms with van der Waals surface area (Å²) >= 11 is 0. The van der Waals surface area contributed by atoms with Gasteiger partial charge in [-0.1, -0.05) is 20.8 Å². The van der Waals surface area contributed by atoms with Crippen LogP contribution in [0.2, 0.25) is 0 Å². The molecule has 2 unspecified atom stereocenters. The molecule has 0 spiro atoms. The Morgan fingerprint density at radius 2 is 2.07 bits per heavy atom. The van der Waals surface area contributed by atoms with Crippen molar-refractivity contribution in [2.45, 2.75) is 46.6 Å². The van der Waals surface area contributed by atoms with E-state index in [-0.39, 0.29) is 0 Å². The maximum Gasteiger partial charge on any atom is 0.0590 e. The molecule has 0 heterocycles. The third-order valence-electron chi connectivity index (χ3n) is 3.19. The normalized spacial score (nSPS) is 30.9. The van der Waals surface area contributed by atoms with E-state index in [9.17, 15) is 0 Å². The Morgan fingerprint density at radius 3 is 2.57 bits per heavy atom. The smallest absolute Gasteiger partial charge is 0.0590 e. The average molecular weight is 199 g/mol. The molecule has 2 atom stereocenters. The molecule has 1 aliphatic carbocycles. The van der Waals surface area contributed by atoms with E-state index in [2.05, 4.69) is 26.1 Å². The quantitative estimate of drug-likeness (QED) is 0.687. The molecule has 2 nitrogen and oxygen atoms in total. The van der Waals surface area contributed by atoms with Crippen LogP contribution in [0.25, 0.3) is 0 Å². The predicted octanol–water partition coefficient (Wildman–Crippen LogP) is 2.44. The first kappa shape index (κ1) is 12.0. The Balaban J connectivity index is 2.19. The highest BCUT2D eigenvalue weighted by Gasteiger charge is 2.35. The summed E-state index contributed by atoms with van der Waals surface area (Å²) in [6.07, 6.45) is 2.65. The summed E-state index contributed by atoms with van der Waals surface area (Å²) < 4.78 is 5.32. The van der Waals surface area contributed by atoms with Gasteiger partial charge in [0.1, 0.15) is 0 Å². The van der Waals surface area contributed by atoms with E-state index < -0.39 is 0 Å². The lowest BCUT2D eigenvalue weighted by atomic mass is 9.91. The molecule has 0 aromatic heterocycles. The van der Waals surface area contributed by atoms with E-state index in [1.807, 2.05) is 6.92 Å². The van der Waals surface area contributed by atoms with Crippen molar-refractivity contribution in [2.24, 2.45) is 11.3 Å². The van der Waals surface area contributed by atoms with Gasteiger partial charge in [0.25, 0.3) is 0 Å². The summed E-state index contributed by atoms with van der Waals surface area (Å²) in [5, 5.41) is 3.60. The van der Waals surface area contributed by atoms with Crippen LogP contribution in [0.3, 0.4) is 0 Å². The minimum absolute atomic E-state index is 0.530. The number of hydrogen-bond donors (Lipinski definition) is 1. The van der Waals surface area contributed by atoms with E-state index in [1.165, 1.54) is 12.8 Å². The van der Waals surface area contributed by atoms with Gasteiger partial charge in [-0.25, -0.2) is 0 Å². The average Bonchev–Trinajstić information content (AvgIpc) is 2.34. The van der Waals surface area contributed by atoms with Crippen molar-refractivity contribution in [1.29, 1.82) is 0 Å². The molecule has 0 bridgehead atoms. The summed E-state index contributed by atoms with van der Waals surface area (Å²) in [5.74, 6) is 0.812. The molecular weight excluding hydrogens is 174 g/mol. The second-order valence-corrected chi connectivity index (χ2v) is 5.31. The van der Waals surface area contributed by atoms with Gasteiger partial charge in [-0.3, -0.25) is 0 Å². The number of hydrogen-bond acceptors (Lipinski definition) is 2. The van der Waals surface area contributed by atoms with E-state index in [1.54, 1.807) is 0 Å². The molecule has 1 saturated carbocycles. The molecular formula is C12H25NO. The first-order valence-electron chi connectivity index (χ1n) is 5.86. The molecule has 1 fully saturated rings. The van der Waals surface area contributed by atoms with E-state index >= 15 is 0 Å². The third-order valence-corrected chi connectivity index (χ3v) is 3.19. The maximum absolute atomic E-state index is 5.32. The zero-order chi connectivity index (χ0) is 10.6. The summed E-state index contributed by atoms with van der Waals surface area (Å²) in [5.41, 5.74) is 0.530. The second-order valence-electron chi connectivity index (χ2n) is 5.31. The number of nitrogens with one attached hydrogen (secondary N) is 1. The van der Waals surface area contributed by atoms with Gasteiger partial charge in [0.15, 0.2) is 0 Å². The van der Waals surface area contributed by atoms with Gasteiger partial charge in [-0.15, -0.1) is 0 Å². The molecule has 1 aliphatic rings. The van der Waals surface area contributed by atoms with Crippen LogP contribution in [0.1, 0.15) is 40.5 Å². The summed E-state index contributed by atoms with van der Waals surface area (Å²) in [4.78, 5) is 0. The highest BCUT2D eigenvalue weighted by atomic mass is 16.5. The molecule has 0 amide bonds. The fourth-order valence-corrected chi connectivity index (χ4v) is 2.63. The number of ether oxygens (including phenoxy) is 1. The Bertz CT molecular complexity index is 168. The Kier molecular flexibility index (Phi) is 4.39. The van der Waals surface area contributed by atoms with Crippen molar-refractivity contribution in [3.05, 3.63) is 0 Å². The molecule has 0 saturated heterocycles. The SMILES string of the molecule is CCOCCNC1CC(C)(C)CC1C. The maximum atomic E-state index is 5.32.